The van der Waals surface area contributed by atoms with Crippen molar-refractivity contribution >= 4 is 38.9 Å². The Bertz CT molecular complexity index is 1170. The van der Waals surface area contributed by atoms with Crippen molar-refractivity contribution in [3.05, 3.63) is 64.3 Å². The van der Waals surface area contributed by atoms with E-state index in [1.807, 2.05) is 0 Å². The predicted octanol–water partition coefficient (Wildman–Crippen LogP) is 3.73. The highest BCUT2D eigenvalue weighted by Crippen LogP contribution is 2.39. The zero-order valence-electron chi connectivity index (χ0n) is 16.5. The maximum absolute atomic E-state index is 13.1. The number of benzene rings is 1. The molecule has 9 nitrogen and oxygen atoms in total. The van der Waals surface area contributed by atoms with Crippen LogP contribution in [0.15, 0.2) is 47.2 Å². The highest BCUT2D eigenvalue weighted by Gasteiger charge is 2.31. The number of carboxylic acids is 1. The fourth-order valence-corrected chi connectivity index (χ4v) is 4.81. The Balaban J connectivity index is 1.63. The smallest absolute Gasteiger partial charge is 0.325 e. The summed E-state index contributed by atoms with van der Waals surface area (Å²) in [5, 5.41) is 13.2. The molecular weight excluding hydrogens is 507 g/mol. The van der Waals surface area contributed by atoms with E-state index in [4.69, 9.17) is 9.84 Å². The molecule has 168 valence electrons. The molecule has 2 heterocycles. The fourth-order valence-electron chi connectivity index (χ4n) is 3.70. The van der Waals surface area contributed by atoms with Gasteiger partial charge in [0, 0.05) is 22.5 Å². The van der Waals surface area contributed by atoms with Gasteiger partial charge in [0.2, 0.25) is 5.88 Å². The number of aliphatic carboxylic acids is 1. The third-order valence-corrected chi connectivity index (χ3v) is 6.39. The summed E-state index contributed by atoms with van der Waals surface area (Å²) in [4.78, 5) is 15.3. The van der Waals surface area contributed by atoms with Crippen LogP contribution in [0.5, 0.6) is 11.6 Å². The first kappa shape index (κ1) is 22.4. The first-order valence-electron chi connectivity index (χ1n) is 9.57. The van der Waals surface area contributed by atoms with Crippen molar-refractivity contribution in [3.63, 3.8) is 0 Å². The molecule has 3 aromatic rings. The molecule has 0 radical (unpaired) electrons. The van der Waals surface area contributed by atoms with Gasteiger partial charge in [0.1, 0.15) is 18.1 Å². The molecule has 1 N–H and O–H groups in total. The molecular formula is C20H17BrFN4O5S-. The molecule has 0 amide bonds. The van der Waals surface area contributed by atoms with Crippen LogP contribution in [0.1, 0.15) is 30.1 Å². The number of hydrogen-bond acceptors (Lipinski definition) is 6. The van der Waals surface area contributed by atoms with Crippen molar-refractivity contribution in [3.8, 4) is 11.6 Å². The lowest BCUT2D eigenvalue weighted by atomic mass is 9.92. The lowest BCUT2D eigenvalue weighted by Gasteiger charge is -2.36. The van der Waals surface area contributed by atoms with Crippen molar-refractivity contribution in [1.82, 2.24) is 14.8 Å². The molecule has 2 aromatic heterocycles. The van der Waals surface area contributed by atoms with Gasteiger partial charge in [-0.3, -0.25) is 18.0 Å². The van der Waals surface area contributed by atoms with E-state index in [2.05, 4.69) is 26.0 Å². The topological polar surface area (TPSA) is 121 Å². The minimum Gasteiger partial charge on any atom is -0.755 e. The van der Waals surface area contributed by atoms with Crippen molar-refractivity contribution in [2.45, 2.75) is 31.8 Å². The van der Waals surface area contributed by atoms with Crippen LogP contribution in [-0.2, 0) is 29.0 Å². The van der Waals surface area contributed by atoms with Crippen LogP contribution >= 0.6 is 15.9 Å². The minimum atomic E-state index is -2.63. The van der Waals surface area contributed by atoms with E-state index in [0.29, 0.717) is 46.4 Å². The van der Waals surface area contributed by atoms with E-state index in [1.54, 1.807) is 6.07 Å². The normalized spacial score (nSPS) is 16.3. The van der Waals surface area contributed by atoms with Crippen molar-refractivity contribution in [1.29, 1.82) is 0 Å². The van der Waals surface area contributed by atoms with Crippen LogP contribution in [0, 0.1) is 5.82 Å². The molecule has 1 aliphatic carbocycles. The molecule has 4 rings (SSSR count). The van der Waals surface area contributed by atoms with Gasteiger partial charge in [-0.05, 0) is 65.5 Å². The largest absolute Gasteiger partial charge is 0.755 e. The Morgan fingerprint density at radius 1 is 1.38 bits per heavy atom. The van der Waals surface area contributed by atoms with E-state index in [9.17, 15) is 17.9 Å². The van der Waals surface area contributed by atoms with Crippen LogP contribution in [-0.4, -0.2) is 34.6 Å². The first-order valence-corrected chi connectivity index (χ1v) is 11.4. The monoisotopic (exact) mass is 523 g/mol. The van der Waals surface area contributed by atoms with Crippen LogP contribution in [0.25, 0.3) is 0 Å². The molecule has 1 aromatic carbocycles. The second-order valence-corrected chi connectivity index (χ2v) is 8.77. The number of carbonyl (C=O) groups is 1. The number of aromatic nitrogens is 3. The summed E-state index contributed by atoms with van der Waals surface area (Å²) in [6.45, 7) is -0.287. The maximum atomic E-state index is 13.1. The summed E-state index contributed by atoms with van der Waals surface area (Å²) in [5.41, 5.74) is 1.69. The van der Waals surface area contributed by atoms with Crippen LogP contribution in [0.4, 0.5) is 10.1 Å². The zero-order valence-corrected chi connectivity index (χ0v) is 18.9. The second-order valence-electron chi connectivity index (χ2n) is 7.09. The number of fused-ring (bicyclic) bond motifs is 1. The molecule has 2 unspecified atom stereocenters. The van der Waals surface area contributed by atoms with Gasteiger partial charge in [0.15, 0.2) is 0 Å². The van der Waals surface area contributed by atoms with Crippen molar-refractivity contribution < 1.29 is 27.8 Å². The number of carboxylic acid groups (broad SMARTS) is 1. The standard InChI is InChI=1S/C20H18BrFN4O5S/c21-16-8-13(9-23-20(16)31-14-6-4-12(22)5-7-14)26(32(29)30)18-3-1-2-17-15(18)10-24-25(17)11-19(27)28/h4-10,18H,1-3,11H2,(H,27,28)(H,29,30)/p-1. The van der Waals surface area contributed by atoms with Gasteiger partial charge >= 0.3 is 5.97 Å². The molecule has 32 heavy (non-hydrogen) atoms. The third-order valence-electron chi connectivity index (χ3n) is 5.04. The van der Waals surface area contributed by atoms with Gasteiger partial charge in [-0.1, -0.05) is 0 Å². The van der Waals surface area contributed by atoms with Gasteiger partial charge in [-0.15, -0.1) is 0 Å². The van der Waals surface area contributed by atoms with Gasteiger partial charge in [0.05, 0.1) is 28.6 Å². The number of hydrogen-bond donors (Lipinski definition) is 1. The number of halogens is 2. The van der Waals surface area contributed by atoms with Gasteiger partial charge in [0.25, 0.3) is 0 Å². The van der Waals surface area contributed by atoms with Crippen LogP contribution in [0.3, 0.4) is 0 Å². The van der Waals surface area contributed by atoms with E-state index >= 15 is 0 Å². The highest BCUT2D eigenvalue weighted by molar-refractivity contribution is 9.10. The van der Waals surface area contributed by atoms with E-state index in [0.717, 1.165) is 0 Å². The SMILES string of the molecule is O=C(O)Cn1ncc2c1CCCC2N(c1cnc(Oc2ccc(F)cc2)c(Br)c1)S(=O)[O-]. The molecule has 2 atom stereocenters. The molecule has 0 saturated carbocycles. The zero-order chi connectivity index (χ0) is 22.8. The van der Waals surface area contributed by atoms with E-state index in [1.165, 1.54) is 45.6 Å². The van der Waals surface area contributed by atoms with Crippen molar-refractivity contribution in [2.24, 2.45) is 0 Å². The minimum absolute atomic E-state index is 0.190. The lowest BCUT2D eigenvalue weighted by Crippen LogP contribution is -2.33. The molecule has 0 spiro atoms. The average Bonchev–Trinajstić information content (AvgIpc) is 3.14. The Morgan fingerprint density at radius 2 is 2.12 bits per heavy atom. The van der Waals surface area contributed by atoms with Crippen LogP contribution < -0.4 is 9.04 Å². The summed E-state index contributed by atoms with van der Waals surface area (Å²) >= 11 is 0.723. The summed E-state index contributed by atoms with van der Waals surface area (Å²) in [7, 11) is 0. The Morgan fingerprint density at radius 3 is 2.78 bits per heavy atom. The lowest BCUT2D eigenvalue weighted by molar-refractivity contribution is -0.137. The van der Waals surface area contributed by atoms with Gasteiger partial charge < -0.3 is 14.4 Å². The Hall–Kier alpha value is -2.83. The van der Waals surface area contributed by atoms with Gasteiger partial charge in [-0.2, -0.15) is 5.10 Å². The van der Waals surface area contributed by atoms with Crippen LogP contribution in [0.2, 0.25) is 0 Å². The molecule has 12 heteroatoms. The molecule has 0 aliphatic heterocycles. The van der Waals surface area contributed by atoms with E-state index in [-0.39, 0.29) is 12.4 Å². The highest BCUT2D eigenvalue weighted by atomic mass is 79.9. The molecule has 0 saturated heterocycles. The summed E-state index contributed by atoms with van der Waals surface area (Å²) < 4.78 is 46.1. The third kappa shape index (κ3) is 4.66. The second kappa shape index (κ2) is 9.35. The molecule has 1 aliphatic rings. The summed E-state index contributed by atoms with van der Waals surface area (Å²) in [6.07, 6.45) is 4.74. The van der Waals surface area contributed by atoms with E-state index < -0.39 is 29.1 Å². The number of nitrogens with zero attached hydrogens (tertiary/aromatic N) is 4. The summed E-state index contributed by atoms with van der Waals surface area (Å²) in [5.74, 6) is -0.853. The van der Waals surface area contributed by atoms with Gasteiger partial charge in [-0.25, -0.2) is 9.37 Å². The number of pyridine rings is 1. The first-order chi connectivity index (χ1) is 15.3. The average molecular weight is 524 g/mol. The van der Waals surface area contributed by atoms with Crippen molar-refractivity contribution in [2.75, 3.05) is 4.31 Å². The molecule has 0 bridgehead atoms. The number of anilines is 1. The Kier molecular flexibility index (Phi) is 6.53. The number of ether oxygens (including phenoxy) is 1. The fraction of sp³-hybridized carbons (Fsp3) is 0.250. The quantitative estimate of drug-likeness (QED) is 0.468. The maximum Gasteiger partial charge on any atom is 0.325 e. The number of rotatable bonds is 7. The predicted molar refractivity (Wildman–Crippen MR) is 115 cm³/mol. The molecule has 0 fully saturated rings. The Labute approximate surface area is 193 Å². The summed E-state index contributed by atoms with van der Waals surface area (Å²) in [6, 6.07) is 6.44.